The lowest BCUT2D eigenvalue weighted by Crippen LogP contribution is -2.45. The van der Waals surface area contributed by atoms with Crippen LogP contribution in [0.15, 0.2) is 48.5 Å². The van der Waals surface area contributed by atoms with Crippen LogP contribution in [0.2, 0.25) is 0 Å². The summed E-state index contributed by atoms with van der Waals surface area (Å²) in [6.45, 7) is 3.92. The number of primary amides is 1. The highest BCUT2D eigenvalue weighted by Crippen LogP contribution is 2.39. The standard InChI is InChI=1S/C27H31N3O4S/c1-16-10-18(25-11-17-6-7-20(33-2)12-26(17)35-25)8-9-30(16)14-19(31)15-34-24-5-3-4-22-21(24)13-23(29-22)27(28)32/h3-7,11-13,16,18-19,29,31H,8-10,14-15H2,1-2H3,(H2,28,32). The molecule has 5 rings (SSSR count). The highest BCUT2D eigenvalue weighted by molar-refractivity contribution is 7.19. The zero-order chi connectivity index (χ0) is 24.5. The van der Waals surface area contributed by atoms with Gasteiger partial charge in [0.1, 0.15) is 29.9 Å². The molecule has 0 radical (unpaired) electrons. The maximum absolute atomic E-state index is 11.5. The molecule has 0 aliphatic carbocycles. The van der Waals surface area contributed by atoms with E-state index in [1.165, 1.54) is 15.0 Å². The molecule has 3 atom stereocenters. The number of nitrogens with zero attached hydrogens (tertiary/aromatic N) is 1. The summed E-state index contributed by atoms with van der Waals surface area (Å²) in [6, 6.07) is 16.2. The molecule has 4 N–H and O–H groups in total. The molecule has 0 bridgehead atoms. The van der Waals surface area contributed by atoms with E-state index in [1.54, 1.807) is 13.2 Å². The number of carbonyl (C=O) groups excluding carboxylic acids is 1. The molecule has 3 heterocycles. The van der Waals surface area contributed by atoms with Crippen LogP contribution in [0, 0.1) is 0 Å². The lowest BCUT2D eigenvalue weighted by Gasteiger charge is -2.38. The number of hydrogen-bond donors (Lipinski definition) is 3. The Bertz CT molecular complexity index is 1350. The van der Waals surface area contributed by atoms with Crippen LogP contribution >= 0.6 is 11.3 Å². The Hall–Kier alpha value is -3.07. The van der Waals surface area contributed by atoms with Gasteiger partial charge in [0.2, 0.25) is 0 Å². The fourth-order valence-electron chi connectivity index (χ4n) is 5.01. The van der Waals surface area contributed by atoms with Crippen molar-refractivity contribution in [2.75, 3.05) is 26.8 Å². The van der Waals surface area contributed by atoms with Gasteiger partial charge in [0, 0.05) is 33.1 Å². The Morgan fingerprint density at radius 3 is 2.91 bits per heavy atom. The average molecular weight is 494 g/mol. The van der Waals surface area contributed by atoms with E-state index in [2.05, 4.69) is 35.0 Å². The maximum Gasteiger partial charge on any atom is 0.265 e. The summed E-state index contributed by atoms with van der Waals surface area (Å²) in [5, 5.41) is 12.8. The Morgan fingerprint density at radius 1 is 1.29 bits per heavy atom. The fourth-order valence-corrected chi connectivity index (χ4v) is 6.25. The molecule has 1 saturated heterocycles. The van der Waals surface area contributed by atoms with Gasteiger partial charge >= 0.3 is 0 Å². The second-order valence-electron chi connectivity index (χ2n) is 9.35. The van der Waals surface area contributed by atoms with E-state index in [-0.39, 0.29) is 6.61 Å². The third-order valence-electron chi connectivity index (χ3n) is 6.93. The number of amides is 1. The molecule has 35 heavy (non-hydrogen) atoms. The Balaban J connectivity index is 1.17. The van der Waals surface area contributed by atoms with Crippen molar-refractivity contribution >= 4 is 38.2 Å². The van der Waals surface area contributed by atoms with E-state index in [9.17, 15) is 9.90 Å². The highest BCUT2D eigenvalue weighted by atomic mass is 32.1. The van der Waals surface area contributed by atoms with E-state index in [0.717, 1.165) is 36.0 Å². The second-order valence-corrected chi connectivity index (χ2v) is 10.5. The molecular weight excluding hydrogens is 462 g/mol. The summed E-state index contributed by atoms with van der Waals surface area (Å²) in [6.07, 6.45) is 1.52. The molecule has 8 heteroatoms. The summed E-state index contributed by atoms with van der Waals surface area (Å²) in [5.74, 6) is 1.54. The van der Waals surface area contributed by atoms with Crippen LogP contribution < -0.4 is 15.2 Å². The molecular formula is C27H31N3O4S. The van der Waals surface area contributed by atoms with Gasteiger partial charge in [-0.05, 0) is 80.1 Å². The molecule has 2 aromatic carbocycles. The Labute approximate surface area is 208 Å². The molecule has 0 spiro atoms. The van der Waals surface area contributed by atoms with Gasteiger partial charge in [-0.25, -0.2) is 0 Å². The topological polar surface area (TPSA) is 101 Å². The van der Waals surface area contributed by atoms with Crippen molar-refractivity contribution in [2.24, 2.45) is 5.73 Å². The molecule has 1 amide bonds. The Kier molecular flexibility index (Phi) is 6.69. The number of thiophene rings is 1. The number of ether oxygens (including phenoxy) is 2. The van der Waals surface area contributed by atoms with Crippen molar-refractivity contribution in [3.63, 3.8) is 0 Å². The van der Waals surface area contributed by atoms with E-state index in [1.807, 2.05) is 35.6 Å². The Morgan fingerprint density at radius 2 is 2.14 bits per heavy atom. The predicted molar refractivity (Wildman–Crippen MR) is 140 cm³/mol. The zero-order valence-corrected chi connectivity index (χ0v) is 20.8. The summed E-state index contributed by atoms with van der Waals surface area (Å²) in [5.41, 5.74) is 6.50. The lowest BCUT2D eigenvalue weighted by atomic mass is 9.90. The van der Waals surface area contributed by atoms with Crippen LogP contribution in [0.1, 0.15) is 41.0 Å². The number of H-pyrrole nitrogens is 1. The van der Waals surface area contributed by atoms with Gasteiger partial charge in [-0.1, -0.05) is 6.07 Å². The summed E-state index contributed by atoms with van der Waals surface area (Å²) in [4.78, 5) is 18.3. The number of methoxy groups -OCH3 is 1. The monoisotopic (exact) mass is 493 g/mol. The predicted octanol–water partition coefficient (Wildman–Crippen LogP) is 4.50. The molecule has 1 fully saturated rings. The van der Waals surface area contributed by atoms with Crippen LogP contribution in [-0.2, 0) is 0 Å². The molecule has 1 aliphatic rings. The number of β-amino-alcohol motifs (C(OH)–C–C–N with tert-alkyl or cyclic N) is 1. The number of aromatic nitrogens is 1. The minimum atomic E-state index is -0.615. The SMILES string of the molecule is COc1ccc2cc(C3CCN(CC(O)COc4cccc5[nH]c(C(N)=O)cc45)C(C)C3)sc2c1. The molecule has 0 saturated carbocycles. The molecule has 1 aliphatic heterocycles. The van der Waals surface area contributed by atoms with E-state index in [4.69, 9.17) is 15.2 Å². The third-order valence-corrected chi connectivity index (χ3v) is 8.19. The molecule has 2 aromatic heterocycles. The van der Waals surface area contributed by atoms with Crippen LogP contribution in [-0.4, -0.2) is 59.8 Å². The van der Waals surface area contributed by atoms with Crippen molar-refractivity contribution in [2.45, 2.75) is 37.8 Å². The molecule has 3 unspecified atom stereocenters. The highest BCUT2D eigenvalue weighted by Gasteiger charge is 2.29. The molecule has 7 nitrogen and oxygen atoms in total. The molecule has 4 aromatic rings. The van der Waals surface area contributed by atoms with Crippen molar-refractivity contribution in [3.05, 3.63) is 59.1 Å². The first-order chi connectivity index (χ1) is 16.9. The number of fused-ring (bicyclic) bond motifs is 2. The normalized spacial score (nSPS) is 19.7. The molecule has 184 valence electrons. The first-order valence-electron chi connectivity index (χ1n) is 11.9. The summed E-state index contributed by atoms with van der Waals surface area (Å²) in [7, 11) is 1.70. The van der Waals surface area contributed by atoms with Gasteiger partial charge in [-0.3, -0.25) is 9.69 Å². The van der Waals surface area contributed by atoms with E-state index < -0.39 is 12.0 Å². The lowest BCUT2D eigenvalue weighted by molar-refractivity contribution is 0.0408. The number of aliphatic hydroxyl groups is 1. The van der Waals surface area contributed by atoms with Crippen LogP contribution in [0.5, 0.6) is 11.5 Å². The number of rotatable bonds is 8. The van der Waals surface area contributed by atoms with Gasteiger partial charge in [-0.15, -0.1) is 11.3 Å². The van der Waals surface area contributed by atoms with E-state index >= 15 is 0 Å². The van der Waals surface area contributed by atoms with Crippen LogP contribution in [0.25, 0.3) is 21.0 Å². The number of likely N-dealkylation sites (tertiary alicyclic amines) is 1. The first kappa shape index (κ1) is 23.7. The van der Waals surface area contributed by atoms with Crippen molar-refractivity contribution < 1.29 is 19.4 Å². The van der Waals surface area contributed by atoms with Gasteiger partial charge in [-0.2, -0.15) is 0 Å². The second kappa shape index (κ2) is 9.89. The number of aromatic amines is 1. The number of piperidine rings is 1. The van der Waals surface area contributed by atoms with Crippen molar-refractivity contribution in [1.29, 1.82) is 0 Å². The van der Waals surface area contributed by atoms with Crippen molar-refractivity contribution in [1.82, 2.24) is 9.88 Å². The number of nitrogens with one attached hydrogen (secondary N) is 1. The number of benzene rings is 2. The maximum atomic E-state index is 11.5. The number of aliphatic hydroxyl groups excluding tert-OH is 1. The average Bonchev–Trinajstić information content (AvgIpc) is 3.48. The van der Waals surface area contributed by atoms with Gasteiger partial charge in [0.25, 0.3) is 5.91 Å². The minimum absolute atomic E-state index is 0.182. The number of carbonyl (C=O) groups is 1. The first-order valence-corrected chi connectivity index (χ1v) is 12.8. The summed E-state index contributed by atoms with van der Waals surface area (Å²) >= 11 is 1.86. The third kappa shape index (κ3) is 5.00. The summed E-state index contributed by atoms with van der Waals surface area (Å²) < 4.78 is 12.6. The van der Waals surface area contributed by atoms with Crippen LogP contribution in [0.3, 0.4) is 0 Å². The van der Waals surface area contributed by atoms with Crippen LogP contribution in [0.4, 0.5) is 0 Å². The van der Waals surface area contributed by atoms with Gasteiger partial charge in [0.15, 0.2) is 0 Å². The largest absolute Gasteiger partial charge is 0.497 e. The van der Waals surface area contributed by atoms with E-state index in [0.29, 0.717) is 29.9 Å². The smallest absolute Gasteiger partial charge is 0.265 e. The quantitative estimate of drug-likeness (QED) is 0.336. The number of nitrogens with two attached hydrogens (primary N) is 1. The van der Waals surface area contributed by atoms with Gasteiger partial charge < -0.3 is 25.3 Å². The van der Waals surface area contributed by atoms with Crippen molar-refractivity contribution in [3.8, 4) is 11.5 Å². The minimum Gasteiger partial charge on any atom is -0.497 e. The number of hydrogen-bond acceptors (Lipinski definition) is 6. The van der Waals surface area contributed by atoms with Gasteiger partial charge in [0.05, 0.1) is 7.11 Å². The fraction of sp³-hybridized carbons (Fsp3) is 0.370. The zero-order valence-electron chi connectivity index (χ0n) is 20.0.